The molecule has 3 amide bonds. The third-order valence-corrected chi connectivity index (χ3v) is 4.99. The van der Waals surface area contributed by atoms with Crippen LogP contribution in [0.1, 0.15) is 26.3 Å². The maximum Gasteiger partial charge on any atom is 0.410 e. The Balaban J connectivity index is 1.75. The zero-order valence-corrected chi connectivity index (χ0v) is 19.1. The molecule has 1 atom stereocenters. The Morgan fingerprint density at radius 2 is 1.67 bits per heavy atom. The van der Waals surface area contributed by atoms with Gasteiger partial charge in [-0.1, -0.05) is 42.5 Å². The molecule has 1 aliphatic heterocycles. The Kier molecular flexibility index (Phi) is 7.42. The van der Waals surface area contributed by atoms with Gasteiger partial charge in [0.1, 0.15) is 18.2 Å². The van der Waals surface area contributed by atoms with Crippen LogP contribution in [0, 0.1) is 0 Å². The number of rotatable bonds is 4. The van der Waals surface area contributed by atoms with Crippen molar-refractivity contribution in [3.63, 3.8) is 0 Å². The normalized spacial score (nSPS) is 16.2. The molecule has 33 heavy (non-hydrogen) atoms. The quantitative estimate of drug-likeness (QED) is 0.684. The molecule has 2 aromatic carbocycles. The SMILES string of the molecule is CC(C)(C)OC(=O)N1CCN(C(=O)OCc2ccccc2)C(C(=O)Nc2ccccc2N)C1. The van der Waals surface area contributed by atoms with E-state index in [1.807, 2.05) is 30.3 Å². The van der Waals surface area contributed by atoms with Gasteiger partial charge in [-0.05, 0) is 38.5 Å². The highest BCUT2D eigenvalue weighted by Crippen LogP contribution is 2.21. The predicted octanol–water partition coefficient (Wildman–Crippen LogP) is 3.47. The lowest BCUT2D eigenvalue weighted by molar-refractivity contribution is -0.122. The van der Waals surface area contributed by atoms with Crippen LogP contribution in [-0.4, -0.2) is 59.2 Å². The number of nitrogens with one attached hydrogen (secondary N) is 1. The number of ether oxygens (including phenoxy) is 2. The van der Waals surface area contributed by atoms with Gasteiger partial charge < -0.3 is 25.4 Å². The molecule has 1 aliphatic rings. The van der Waals surface area contributed by atoms with Gasteiger partial charge in [-0.15, -0.1) is 0 Å². The molecule has 0 spiro atoms. The third kappa shape index (κ3) is 6.61. The van der Waals surface area contributed by atoms with E-state index in [0.717, 1.165) is 5.56 Å². The lowest BCUT2D eigenvalue weighted by Crippen LogP contribution is -2.61. The first-order valence-corrected chi connectivity index (χ1v) is 10.7. The molecule has 1 fully saturated rings. The summed E-state index contributed by atoms with van der Waals surface area (Å²) in [4.78, 5) is 41.4. The summed E-state index contributed by atoms with van der Waals surface area (Å²) in [5, 5.41) is 2.75. The zero-order valence-electron chi connectivity index (χ0n) is 19.1. The van der Waals surface area contributed by atoms with Crippen molar-refractivity contribution in [3.8, 4) is 0 Å². The molecule has 0 saturated carbocycles. The number of nitrogen functional groups attached to an aromatic ring is 1. The topological polar surface area (TPSA) is 114 Å². The molecular weight excluding hydrogens is 424 g/mol. The molecule has 176 valence electrons. The Hall–Kier alpha value is -3.75. The smallest absolute Gasteiger partial charge is 0.410 e. The van der Waals surface area contributed by atoms with Crippen molar-refractivity contribution < 1.29 is 23.9 Å². The van der Waals surface area contributed by atoms with Crippen molar-refractivity contribution >= 4 is 29.5 Å². The van der Waals surface area contributed by atoms with E-state index in [1.165, 1.54) is 9.80 Å². The van der Waals surface area contributed by atoms with E-state index >= 15 is 0 Å². The molecule has 2 aromatic rings. The first-order chi connectivity index (χ1) is 15.6. The highest BCUT2D eigenvalue weighted by Gasteiger charge is 2.39. The second-order valence-electron chi connectivity index (χ2n) is 8.75. The summed E-state index contributed by atoms with van der Waals surface area (Å²) in [5.41, 5.74) is 6.91. The minimum atomic E-state index is -0.978. The number of nitrogens with zero attached hydrogens (tertiary/aromatic N) is 2. The highest BCUT2D eigenvalue weighted by atomic mass is 16.6. The maximum atomic E-state index is 13.2. The van der Waals surface area contributed by atoms with Crippen LogP contribution in [0.15, 0.2) is 54.6 Å². The summed E-state index contributed by atoms with van der Waals surface area (Å²) in [6.45, 7) is 5.68. The van der Waals surface area contributed by atoms with E-state index in [0.29, 0.717) is 11.4 Å². The molecule has 0 aromatic heterocycles. The monoisotopic (exact) mass is 454 g/mol. The molecular formula is C24H30N4O5. The Labute approximate surface area is 193 Å². The number of amides is 3. The van der Waals surface area contributed by atoms with E-state index in [2.05, 4.69) is 5.32 Å². The van der Waals surface area contributed by atoms with Gasteiger partial charge in [0.2, 0.25) is 5.91 Å². The minimum absolute atomic E-state index is 0.0338. The van der Waals surface area contributed by atoms with Gasteiger partial charge in [0.05, 0.1) is 17.9 Å². The number of nitrogens with two attached hydrogens (primary N) is 1. The maximum absolute atomic E-state index is 13.2. The lowest BCUT2D eigenvalue weighted by atomic mass is 10.1. The van der Waals surface area contributed by atoms with Gasteiger partial charge >= 0.3 is 12.2 Å². The van der Waals surface area contributed by atoms with Crippen LogP contribution < -0.4 is 11.1 Å². The number of carbonyl (C=O) groups excluding carboxylic acids is 3. The number of anilines is 2. The van der Waals surface area contributed by atoms with Gasteiger partial charge in [0.25, 0.3) is 0 Å². The van der Waals surface area contributed by atoms with E-state index < -0.39 is 29.7 Å². The fourth-order valence-corrected chi connectivity index (χ4v) is 3.35. The minimum Gasteiger partial charge on any atom is -0.445 e. The second-order valence-corrected chi connectivity index (χ2v) is 8.75. The van der Waals surface area contributed by atoms with Crippen LogP contribution in [-0.2, 0) is 20.9 Å². The molecule has 1 unspecified atom stereocenters. The summed E-state index contributed by atoms with van der Waals surface area (Å²) >= 11 is 0. The van der Waals surface area contributed by atoms with Gasteiger partial charge in [0.15, 0.2) is 0 Å². The van der Waals surface area contributed by atoms with E-state index in [1.54, 1.807) is 45.0 Å². The molecule has 9 nitrogen and oxygen atoms in total. The van der Waals surface area contributed by atoms with Crippen molar-refractivity contribution in [2.24, 2.45) is 0 Å². The van der Waals surface area contributed by atoms with Crippen LogP contribution >= 0.6 is 0 Å². The average Bonchev–Trinajstić information content (AvgIpc) is 2.78. The van der Waals surface area contributed by atoms with E-state index in [-0.39, 0.29) is 26.2 Å². The molecule has 1 heterocycles. The molecule has 0 aliphatic carbocycles. The van der Waals surface area contributed by atoms with Crippen molar-refractivity contribution in [2.75, 3.05) is 30.7 Å². The van der Waals surface area contributed by atoms with Crippen LogP contribution in [0.25, 0.3) is 0 Å². The van der Waals surface area contributed by atoms with Crippen molar-refractivity contribution in [2.45, 2.75) is 39.0 Å². The number of para-hydroxylation sites is 2. The third-order valence-electron chi connectivity index (χ3n) is 4.99. The standard InChI is InChI=1S/C24H30N4O5/c1-24(2,3)33-22(30)27-13-14-28(23(31)32-16-17-9-5-4-6-10-17)20(15-27)21(29)26-19-12-8-7-11-18(19)25/h4-12,20H,13-16,25H2,1-3H3,(H,26,29). The summed E-state index contributed by atoms with van der Waals surface area (Å²) in [6.07, 6.45) is -1.18. The van der Waals surface area contributed by atoms with Crippen LogP contribution in [0.3, 0.4) is 0 Å². The number of hydrogen-bond donors (Lipinski definition) is 2. The largest absolute Gasteiger partial charge is 0.445 e. The molecule has 3 rings (SSSR count). The summed E-state index contributed by atoms with van der Waals surface area (Å²) in [5.74, 6) is -0.474. The second kappa shape index (κ2) is 10.2. The average molecular weight is 455 g/mol. The van der Waals surface area contributed by atoms with Crippen LogP contribution in [0.4, 0.5) is 21.0 Å². The van der Waals surface area contributed by atoms with Crippen molar-refractivity contribution in [3.05, 3.63) is 60.2 Å². The fourth-order valence-electron chi connectivity index (χ4n) is 3.35. The van der Waals surface area contributed by atoms with Crippen LogP contribution in [0.5, 0.6) is 0 Å². The van der Waals surface area contributed by atoms with Gasteiger partial charge in [-0.3, -0.25) is 9.69 Å². The Bertz CT molecular complexity index is 990. The Morgan fingerprint density at radius 1 is 1.00 bits per heavy atom. The van der Waals surface area contributed by atoms with Gasteiger partial charge in [-0.25, -0.2) is 9.59 Å². The molecule has 1 saturated heterocycles. The van der Waals surface area contributed by atoms with Crippen molar-refractivity contribution in [1.82, 2.24) is 9.80 Å². The molecule has 0 bridgehead atoms. The number of piperazine rings is 1. The summed E-state index contributed by atoms with van der Waals surface area (Å²) < 4.78 is 10.9. The van der Waals surface area contributed by atoms with Crippen LogP contribution in [0.2, 0.25) is 0 Å². The van der Waals surface area contributed by atoms with E-state index in [4.69, 9.17) is 15.2 Å². The van der Waals surface area contributed by atoms with Gasteiger partial charge in [0, 0.05) is 13.1 Å². The van der Waals surface area contributed by atoms with Crippen molar-refractivity contribution in [1.29, 1.82) is 0 Å². The predicted molar refractivity (Wildman–Crippen MR) is 124 cm³/mol. The lowest BCUT2D eigenvalue weighted by Gasteiger charge is -2.40. The molecule has 0 radical (unpaired) electrons. The zero-order chi connectivity index (χ0) is 24.0. The number of hydrogen-bond acceptors (Lipinski definition) is 6. The Morgan fingerprint density at radius 3 is 2.33 bits per heavy atom. The molecule has 3 N–H and O–H groups in total. The molecule has 9 heteroatoms. The fraction of sp³-hybridized carbons (Fsp3) is 0.375. The first-order valence-electron chi connectivity index (χ1n) is 10.7. The van der Waals surface area contributed by atoms with E-state index in [9.17, 15) is 14.4 Å². The van der Waals surface area contributed by atoms with Gasteiger partial charge in [-0.2, -0.15) is 0 Å². The number of carbonyl (C=O) groups is 3. The highest BCUT2D eigenvalue weighted by molar-refractivity contribution is 5.99. The summed E-state index contributed by atoms with van der Waals surface area (Å²) in [7, 11) is 0. The summed E-state index contributed by atoms with van der Waals surface area (Å²) in [6, 6.07) is 15.1. The first kappa shape index (κ1) is 23.9. The number of benzene rings is 2.